The Hall–Kier alpha value is -0.580. The van der Waals surface area contributed by atoms with Gasteiger partial charge in [0, 0.05) is 12.1 Å². The minimum atomic E-state index is -0.260. The van der Waals surface area contributed by atoms with E-state index in [0.29, 0.717) is 0 Å². The number of aliphatic hydroxyl groups excluding tert-OH is 1. The average molecular weight is 316 g/mol. The zero-order valence-corrected chi connectivity index (χ0v) is 12.9. The monoisotopic (exact) mass is 315 g/mol. The summed E-state index contributed by atoms with van der Waals surface area (Å²) < 4.78 is 6.57. The predicted octanol–water partition coefficient (Wildman–Crippen LogP) is 3.10. The highest BCUT2D eigenvalue weighted by Gasteiger charge is 2.15. The second-order valence-electron chi connectivity index (χ2n) is 5.01. The van der Waals surface area contributed by atoms with E-state index < -0.39 is 0 Å². The van der Waals surface area contributed by atoms with Crippen LogP contribution in [0.2, 0.25) is 0 Å². The Morgan fingerprint density at radius 2 is 2.11 bits per heavy atom. The van der Waals surface area contributed by atoms with Gasteiger partial charge in [-0.2, -0.15) is 0 Å². The van der Waals surface area contributed by atoms with Crippen LogP contribution in [0.4, 0.5) is 0 Å². The fourth-order valence-corrected chi connectivity index (χ4v) is 1.92. The van der Waals surface area contributed by atoms with Crippen molar-refractivity contribution in [3.8, 4) is 5.75 Å². The van der Waals surface area contributed by atoms with Crippen molar-refractivity contribution in [2.45, 2.75) is 39.3 Å². The summed E-state index contributed by atoms with van der Waals surface area (Å²) in [7, 11) is 0. The summed E-state index contributed by atoms with van der Waals surface area (Å²) in [6.45, 7) is 7.60. The van der Waals surface area contributed by atoms with E-state index in [1.165, 1.54) is 0 Å². The molecule has 0 aliphatic rings. The lowest BCUT2D eigenvalue weighted by Crippen LogP contribution is -2.42. The molecular weight excluding hydrogens is 294 g/mol. The van der Waals surface area contributed by atoms with Crippen molar-refractivity contribution >= 4 is 15.9 Å². The molecule has 2 N–H and O–H groups in total. The van der Waals surface area contributed by atoms with E-state index in [0.717, 1.165) is 35.4 Å². The Morgan fingerprint density at radius 1 is 1.39 bits per heavy atom. The first-order valence-corrected chi connectivity index (χ1v) is 7.05. The maximum Gasteiger partial charge on any atom is 0.133 e. The van der Waals surface area contributed by atoms with Gasteiger partial charge in [-0.25, -0.2) is 0 Å². The third-order valence-corrected chi connectivity index (χ3v) is 3.24. The highest BCUT2D eigenvalue weighted by atomic mass is 79.9. The molecule has 0 aromatic heterocycles. The molecule has 1 aromatic carbocycles. The summed E-state index contributed by atoms with van der Waals surface area (Å²) in [6, 6.07) is 6.06. The van der Waals surface area contributed by atoms with Crippen LogP contribution in [-0.2, 0) is 6.54 Å². The van der Waals surface area contributed by atoms with Gasteiger partial charge in [-0.15, -0.1) is 0 Å². The lowest BCUT2D eigenvalue weighted by molar-refractivity contribution is 0.187. The van der Waals surface area contributed by atoms with Crippen LogP contribution in [0, 0.1) is 0 Å². The molecule has 0 unspecified atom stereocenters. The highest BCUT2D eigenvalue weighted by molar-refractivity contribution is 9.10. The van der Waals surface area contributed by atoms with Gasteiger partial charge in [-0.1, -0.05) is 13.0 Å². The van der Waals surface area contributed by atoms with Crippen LogP contribution in [0.15, 0.2) is 22.7 Å². The molecule has 4 heteroatoms. The van der Waals surface area contributed by atoms with E-state index >= 15 is 0 Å². The summed E-state index contributed by atoms with van der Waals surface area (Å²) in [5, 5.41) is 12.5. The van der Waals surface area contributed by atoms with Crippen molar-refractivity contribution in [3.63, 3.8) is 0 Å². The SMILES string of the molecule is CCCOc1ccc(CNC(C)(C)CO)cc1Br. The Morgan fingerprint density at radius 3 is 2.67 bits per heavy atom. The molecule has 0 radical (unpaired) electrons. The van der Waals surface area contributed by atoms with E-state index in [9.17, 15) is 5.11 Å². The average Bonchev–Trinajstić information content (AvgIpc) is 2.35. The zero-order valence-electron chi connectivity index (χ0n) is 11.3. The van der Waals surface area contributed by atoms with Gasteiger partial charge in [0.15, 0.2) is 0 Å². The predicted molar refractivity (Wildman–Crippen MR) is 77.9 cm³/mol. The van der Waals surface area contributed by atoms with E-state index in [1.807, 2.05) is 32.0 Å². The number of aliphatic hydroxyl groups is 1. The van der Waals surface area contributed by atoms with Gasteiger partial charge in [0.25, 0.3) is 0 Å². The fourth-order valence-electron chi connectivity index (χ4n) is 1.38. The molecule has 0 aliphatic carbocycles. The first kappa shape index (κ1) is 15.5. The van der Waals surface area contributed by atoms with Crippen molar-refractivity contribution in [1.29, 1.82) is 0 Å². The minimum absolute atomic E-state index is 0.117. The van der Waals surface area contributed by atoms with Crippen LogP contribution in [0.25, 0.3) is 0 Å². The third kappa shape index (κ3) is 4.96. The van der Waals surface area contributed by atoms with Crippen LogP contribution in [0.3, 0.4) is 0 Å². The molecule has 0 saturated heterocycles. The molecule has 0 atom stereocenters. The molecule has 0 bridgehead atoms. The Kier molecular flexibility index (Phi) is 6.12. The number of hydrogen-bond acceptors (Lipinski definition) is 3. The van der Waals surface area contributed by atoms with Crippen molar-refractivity contribution in [1.82, 2.24) is 5.32 Å². The quantitative estimate of drug-likeness (QED) is 0.812. The van der Waals surface area contributed by atoms with Crippen molar-refractivity contribution in [2.24, 2.45) is 0 Å². The van der Waals surface area contributed by atoms with E-state index in [1.54, 1.807) is 0 Å². The second kappa shape index (κ2) is 7.12. The van der Waals surface area contributed by atoms with Gasteiger partial charge in [0.1, 0.15) is 5.75 Å². The normalized spacial score (nSPS) is 11.6. The largest absolute Gasteiger partial charge is 0.492 e. The molecule has 3 nitrogen and oxygen atoms in total. The van der Waals surface area contributed by atoms with Crippen LogP contribution >= 0.6 is 15.9 Å². The number of benzene rings is 1. The highest BCUT2D eigenvalue weighted by Crippen LogP contribution is 2.26. The topological polar surface area (TPSA) is 41.5 Å². The van der Waals surface area contributed by atoms with Gasteiger partial charge in [0.05, 0.1) is 17.7 Å². The van der Waals surface area contributed by atoms with Crippen molar-refractivity contribution in [3.05, 3.63) is 28.2 Å². The molecule has 0 aliphatic heterocycles. The first-order chi connectivity index (χ1) is 8.48. The molecule has 1 rings (SSSR count). The molecule has 0 spiro atoms. The van der Waals surface area contributed by atoms with E-state index in [-0.39, 0.29) is 12.1 Å². The maximum absolute atomic E-state index is 9.18. The standard InChI is InChI=1S/C14H22BrNO2/c1-4-7-18-13-6-5-11(8-12(13)15)9-16-14(2,3)10-17/h5-6,8,16-17H,4,7,9-10H2,1-3H3. The van der Waals surface area contributed by atoms with Gasteiger partial charge in [-0.05, 0) is 53.9 Å². The van der Waals surface area contributed by atoms with Crippen LogP contribution in [0.5, 0.6) is 5.75 Å². The van der Waals surface area contributed by atoms with E-state index in [2.05, 4.69) is 28.2 Å². The van der Waals surface area contributed by atoms with E-state index in [4.69, 9.17) is 4.74 Å². The lowest BCUT2D eigenvalue weighted by Gasteiger charge is -2.23. The van der Waals surface area contributed by atoms with Crippen LogP contribution in [-0.4, -0.2) is 23.9 Å². The lowest BCUT2D eigenvalue weighted by atomic mass is 10.1. The van der Waals surface area contributed by atoms with Crippen LogP contribution in [0.1, 0.15) is 32.8 Å². The maximum atomic E-state index is 9.18. The number of ether oxygens (including phenoxy) is 1. The number of nitrogens with one attached hydrogen (secondary N) is 1. The third-order valence-electron chi connectivity index (χ3n) is 2.62. The molecule has 0 heterocycles. The van der Waals surface area contributed by atoms with Gasteiger partial charge < -0.3 is 15.2 Å². The first-order valence-electron chi connectivity index (χ1n) is 6.25. The minimum Gasteiger partial charge on any atom is -0.492 e. The van der Waals surface area contributed by atoms with Gasteiger partial charge in [0.2, 0.25) is 0 Å². The van der Waals surface area contributed by atoms with Crippen LogP contribution < -0.4 is 10.1 Å². The molecule has 0 saturated carbocycles. The van der Waals surface area contributed by atoms with Crippen molar-refractivity contribution in [2.75, 3.05) is 13.2 Å². The molecule has 18 heavy (non-hydrogen) atoms. The molecule has 1 aromatic rings. The second-order valence-corrected chi connectivity index (χ2v) is 5.86. The fraction of sp³-hybridized carbons (Fsp3) is 0.571. The molecule has 0 fully saturated rings. The zero-order chi connectivity index (χ0) is 13.6. The number of halogens is 1. The Bertz CT molecular complexity index is 380. The van der Waals surface area contributed by atoms with Gasteiger partial charge >= 0.3 is 0 Å². The molecule has 102 valence electrons. The van der Waals surface area contributed by atoms with Crippen molar-refractivity contribution < 1.29 is 9.84 Å². The smallest absolute Gasteiger partial charge is 0.133 e. The summed E-state index contributed by atoms with van der Waals surface area (Å²) >= 11 is 3.51. The number of rotatable bonds is 7. The summed E-state index contributed by atoms with van der Waals surface area (Å²) in [4.78, 5) is 0. The summed E-state index contributed by atoms with van der Waals surface area (Å²) in [5.74, 6) is 0.877. The Balaban J connectivity index is 2.61. The molecule has 0 amide bonds. The summed E-state index contributed by atoms with van der Waals surface area (Å²) in [5.41, 5.74) is 0.899. The summed E-state index contributed by atoms with van der Waals surface area (Å²) in [6.07, 6.45) is 1.00. The number of hydrogen-bond donors (Lipinski definition) is 2. The van der Waals surface area contributed by atoms with Gasteiger partial charge in [-0.3, -0.25) is 0 Å². The molecular formula is C14H22BrNO2. The Labute approximate surface area is 118 Å².